The molecule has 3 N–H and O–H groups in total. The molecule has 0 spiro atoms. The fraction of sp³-hybridized carbons (Fsp3) is 0.941. The number of amides is 1. The summed E-state index contributed by atoms with van der Waals surface area (Å²) in [6.07, 6.45) is 10.8. The lowest BCUT2D eigenvalue weighted by atomic mass is 9.77. The summed E-state index contributed by atoms with van der Waals surface area (Å²) in [5.41, 5.74) is 5.34. The fourth-order valence-electron chi connectivity index (χ4n) is 3.97. The average molecular weight is 293 g/mol. The average Bonchev–Trinajstić information content (AvgIpc) is 3.36. The Bertz CT molecular complexity index is 378. The van der Waals surface area contributed by atoms with E-state index < -0.39 is 5.54 Å². The van der Waals surface area contributed by atoms with Crippen molar-refractivity contribution in [2.75, 3.05) is 13.1 Å². The third-order valence-electron chi connectivity index (χ3n) is 5.56. The van der Waals surface area contributed by atoms with Crippen LogP contribution < -0.4 is 11.1 Å². The van der Waals surface area contributed by atoms with Gasteiger partial charge in [0.25, 0.3) is 0 Å². The molecule has 4 nitrogen and oxygen atoms in total. The second kappa shape index (κ2) is 6.25. The normalized spacial score (nSPS) is 33.3. The molecule has 0 saturated heterocycles. The molecule has 0 aromatic carbocycles. The molecule has 2 atom stereocenters. The van der Waals surface area contributed by atoms with Crippen LogP contribution in [0, 0.1) is 5.92 Å². The van der Waals surface area contributed by atoms with E-state index in [2.05, 4.69) is 17.1 Å². The van der Waals surface area contributed by atoms with Crippen molar-refractivity contribution in [1.29, 1.82) is 0 Å². The highest BCUT2D eigenvalue weighted by molar-refractivity contribution is 5.84. The lowest BCUT2D eigenvalue weighted by molar-refractivity contribution is -0.126. The summed E-state index contributed by atoms with van der Waals surface area (Å²) in [6.45, 7) is 4.30. The zero-order valence-corrected chi connectivity index (χ0v) is 13.4. The number of primary amides is 1. The van der Waals surface area contributed by atoms with Gasteiger partial charge in [-0.15, -0.1) is 0 Å². The summed E-state index contributed by atoms with van der Waals surface area (Å²) in [7, 11) is 0. The zero-order chi connectivity index (χ0) is 14.9. The second-order valence-corrected chi connectivity index (χ2v) is 7.49. The van der Waals surface area contributed by atoms with Gasteiger partial charge in [-0.3, -0.25) is 9.69 Å². The number of nitrogens with two attached hydrogens (primary N) is 1. The Labute approximate surface area is 128 Å². The Balaban J connectivity index is 1.68. The van der Waals surface area contributed by atoms with E-state index in [-0.39, 0.29) is 5.91 Å². The summed E-state index contributed by atoms with van der Waals surface area (Å²) in [6, 6.07) is 1.36. The maximum Gasteiger partial charge on any atom is 0.237 e. The van der Waals surface area contributed by atoms with Gasteiger partial charge in [0.15, 0.2) is 0 Å². The van der Waals surface area contributed by atoms with Gasteiger partial charge in [-0.1, -0.05) is 6.92 Å². The summed E-state index contributed by atoms with van der Waals surface area (Å²) < 4.78 is 0. The summed E-state index contributed by atoms with van der Waals surface area (Å²) >= 11 is 0. The Morgan fingerprint density at radius 1 is 1.24 bits per heavy atom. The third-order valence-corrected chi connectivity index (χ3v) is 5.56. The zero-order valence-electron chi connectivity index (χ0n) is 13.4. The maximum atomic E-state index is 12.1. The highest BCUT2D eigenvalue weighted by Gasteiger charge is 2.45. The van der Waals surface area contributed by atoms with Gasteiger partial charge in [-0.2, -0.15) is 0 Å². The number of hydrogen-bond donors (Lipinski definition) is 2. The Morgan fingerprint density at radius 3 is 2.57 bits per heavy atom. The first kappa shape index (κ1) is 15.3. The maximum absolute atomic E-state index is 12.1. The first-order chi connectivity index (χ1) is 10.1. The van der Waals surface area contributed by atoms with Gasteiger partial charge in [0.2, 0.25) is 5.91 Å². The minimum atomic E-state index is -0.449. The summed E-state index contributed by atoms with van der Waals surface area (Å²) in [5.74, 6) is 0.793. The van der Waals surface area contributed by atoms with Gasteiger partial charge in [-0.05, 0) is 70.3 Å². The molecule has 3 fully saturated rings. The number of nitrogens with zero attached hydrogens (tertiary/aromatic N) is 1. The van der Waals surface area contributed by atoms with Crippen LogP contribution in [0.15, 0.2) is 0 Å². The predicted molar refractivity (Wildman–Crippen MR) is 84.9 cm³/mol. The highest BCUT2D eigenvalue weighted by Crippen LogP contribution is 2.40. The van der Waals surface area contributed by atoms with Gasteiger partial charge in [0.05, 0.1) is 5.54 Å². The number of nitrogens with one attached hydrogen (secondary N) is 1. The van der Waals surface area contributed by atoms with Crippen LogP contribution in [0.25, 0.3) is 0 Å². The van der Waals surface area contributed by atoms with Gasteiger partial charge in [-0.25, -0.2) is 0 Å². The van der Waals surface area contributed by atoms with Crippen molar-refractivity contribution in [2.24, 2.45) is 11.7 Å². The van der Waals surface area contributed by atoms with E-state index >= 15 is 0 Å². The molecule has 3 rings (SSSR count). The lowest BCUT2D eigenvalue weighted by Crippen LogP contribution is -2.61. The molecule has 4 heteroatoms. The van der Waals surface area contributed by atoms with E-state index in [4.69, 9.17) is 5.73 Å². The van der Waals surface area contributed by atoms with E-state index in [0.717, 1.165) is 44.2 Å². The monoisotopic (exact) mass is 293 g/mol. The molecule has 2 unspecified atom stereocenters. The van der Waals surface area contributed by atoms with Crippen molar-refractivity contribution in [3.63, 3.8) is 0 Å². The van der Waals surface area contributed by atoms with Crippen LogP contribution in [0.3, 0.4) is 0 Å². The Kier molecular flexibility index (Phi) is 4.55. The van der Waals surface area contributed by atoms with Gasteiger partial charge >= 0.3 is 0 Å². The largest absolute Gasteiger partial charge is 0.368 e. The van der Waals surface area contributed by atoms with E-state index in [9.17, 15) is 4.79 Å². The van der Waals surface area contributed by atoms with Gasteiger partial charge in [0.1, 0.15) is 0 Å². The SMILES string of the molecule is CCCNC1(C(N)=O)CCCC(N(CC2CC2)C2CC2)C1. The van der Waals surface area contributed by atoms with Crippen LogP contribution in [0.2, 0.25) is 0 Å². The first-order valence-electron chi connectivity index (χ1n) is 8.95. The van der Waals surface area contributed by atoms with Crippen LogP contribution in [0.4, 0.5) is 0 Å². The van der Waals surface area contributed by atoms with Crippen LogP contribution in [-0.2, 0) is 4.79 Å². The standard InChI is InChI=1S/C17H31N3O/c1-2-10-19-17(16(18)21)9-3-4-15(11-17)20(14-7-8-14)12-13-5-6-13/h13-15,19H,2-12H2,1H3,(H2,18,21). The molecule has 21 heavy (non-hydrogen) atoms. The van der Waals surface area contributed by atoms with Gasteiger partial charge in [0, 0.05) is 18.6 Å². The molecule has 3 aliphatic carbocycles. The van der Waals surface area contributed by atoms with Crippen LogP contribution in [0.1, 0.15) is 64.7 Å². The molecule has 0 heterocycles. The van der Waals surface area contributed by atoms with Crippen molar-refractivity contribution in [3.05, 3.63) is 0 Å². The highest BCUT2D eigenvalue weighted by atomic mass is 16.1. The number of carbonyl (C=O) groups is 1. The van der Waals surface area contributed by atoms with Crippen molar-refractivity contribution >= 4 is 5.91 Å². The lowest BCUT2D eigenvalue weighted by Gasteiger charge is -2.44. The molecule has 0 bridgehead atoms. The molecule has 1 amide bonds. The van der Waals surface area contributed by atoms with E-state index in [0.29, 0.717) is 6.04 Å². The molecule has 0 aliphatic heterocycles. The fourth-order valence-corrected chi connectivity index (χ4v) is 3.97. The minimum Gasteiger partial charge on any atom is -0.368 e. The molecular weight excluding hydrogens is 262 g/mol. The van der Waals surface area contributed by atoms with Crippen molar-refractivity contribution in [1.82, 2.24) is 10.2 Å². The van der Waals surface area contributed by atoms with Gasteiger partial charge < -0.3 is 11.1 Å². The number of rotatable bonds is 8. The molecule has 0 radical (unpaired) electrons. The molecule has 3 saturated carbocycles. The molecule has 3 aliphatic rings. The molecule has 0 aromatic heterocycles. The van der Waals surface area contributed by atoms with Crippen molar-refractivity contribution in [3.8, 4) is 0 Å². The molecular formula is C17H31N3O. The quantitative estimate of drug-likeness (QED) is 0.720. The van der Waals surface area contributed by atoms with Crippen LogP contribution in [-0.4, -0.2) is 41.5 Å². The smallest absolute Gasteiger partial charge is 0.237 e. The van der Waals surface area contributed by atoms with Crippen LogP contribution >= 0.6 is 0 Å². The molecule has 0 aromatic rings. The number of carbonyl (C=O) groups excluding carboxylic acids is 1. The summed E-state index contributed by atoms with van der Waals surface area (Å²) in [4.78, 5) is 14.8. The number of hydrogen-bond acceptors (Lipinski definition) is 3. The first-order valence-corrected chi connectivity index (χ1v) is 8.95. The van der Waals surface area contributed by atoms with Crippen molar-refractivity contribution in [2.45, 2.75) is 82.3 Å². The van der Waals surface area contributed by atoms with Crippen molar-refractivity contribution < 1.29 is 4.79 Å². The Morgan fingerprint density at radius 2 is 2.00 bits per heavy atom. The van der Waals surface area contributed by atoms with E-state index in [1.807, 2.05) is 0 Å². The Hall–Kier alpha value is -0.610. The van der Waals surface area contributed by atoms with E-state index in [1.165, 1.54) is 38.6 Å². The molecule has 120 valence electrons. The third kappa shape index (κ3) is 3.59. The predicted octanol–water partition coefficient (Wildman–Crippen LogP) is 2.03. The second-order valence-electron chi connectivity index (χ2n) is 7.49. The minimum absolute atomic E-state index is 0.136. The van der Waals surface area contributed by atoms with Crippen LogP contribution in [0.5, 0.6) is 0 Å². The van der Waals surface area contributed by atoms with E-state index in [1.54, 1.807) is 0 Å². The summed E-state index contributed by atoms with van der Waals surface area (Å²) in [5, 5.41) is 3.50. The topological polar surface area (TPSA) is 58.4 Å².